The molecular formula is C27H33F2N7O5. The fourth-order valence-electron chi connectivity index (χ4n) is 3.87. The number of imidazole rings is 1. The third-order valence-corrected chi connectivity index (χ3v) is 5.68. The number of nitrogens with zero attached hydrogens (tertiary/aromatic N) is 4. The van der Waals surface area contributed by atoms with Gasteiger partial charge >= 0.3 is 0 Å². The van der Waals surface area contributed by atoms with Crippen LogP contribution in [0.5, 0.6) is 0 Å². The molecule has 0 saturated carbocycles. The molecule has 3 rings (SSSR count). The number of aryl methyl sites for hydroxylation is 1. The van der Waals surface area contributed by atoms with Crippen molar-refractivity contribution < 1.29 is 33.0 Å². The molecule has 2 aromatic heterocycles. The molecule has 2 heterocycles. The Hall–Kier alpha value is -4.61. The zero-order valence-corrected chi connectivity index (χ0v) is 23.0. The largest absolute Gasteiger partial charge is 0.483 e. The molecule has 0 radical (unpaired) electrons. The Morgan fingerprint density at radius 3 is 2.61 bits per heavy atom. The first-order valence-electron chi connectivity index (χ1n) is 12.5. The first-order valence-corrected chi connectivity index (χ1v) is 12.5. The molecule has 0 aliphatic rings. The summed E-state index contributed by atoms with van der Waals surface area (Å²) in [6, 6.07) is 4.95. The van der Waals surface area contributed by atoms with Crippen LogP contribution in [0, 0.1) is 12.3 Å². The van der Waals surface area contributed by atoms with Gasteiger partial charge in [0.15, 0.2) is 5.82 Å². The number of aromatic nitrogens is 4. The highest BCUT2D eigenvalue weighted by Gasteiger charge is 2.33. The van der Waals surface area contributed by atoms with Crippen LogP contribution >= 0.6 is 0 Å². The van der Waals surface area contributed by atoms with Gasteiger partial charge in [-0.25, -0.2) is 4.98 Å². The second-order valence-electron chi connectivity index (χ2n) is 8.65. The van der Waals surface area contributed by atoms with E-state index >= 15 is 0 Å². The Kier molecular flexibility index (Phi) is 12.1. The summed E-state index contributed by atoms with van der Waals surface area (Å²) in [4.78, 5) is 38.1. The number of carbonyl (C=O) groups is 3. The number of anilines is 1. The summed E-state index contributed by atoms with van der Waals surface area (Å²) in [7, 11) is 1.55. The zero-order valence-electron chi connectivity index (χ0n) is 23.0. The van der Waals surface area contributed by atoms with E-state index in [9.17, 15) is 18.4 Å². The Labute approximate surface area is 235 Å². The third kappa shape index (κ3) is 8.69. The molecule has 14 heteroatoms. The van der Waals surface area contributed by atoms with Crippen LogP contribution in [-0.2, 0) is 35.5 Å². The molecule has 0 fully saturated rings. The first-order chi connectivity index (χ1) is 19.5. The van der Waals surface area contributed by atoms with Gasteiger partial charge in [0.25, 0.3) is 24.2 Å². The summed E-state index contributed by atoms with van der Waals surface area (Å²) in [6.45, 7) is 3.94. The van der Waals surface area contributed by atoms with E-state index in [4.69, 9.17) is 26.8 Å². The van der Waals surface area contributed by atoms with E-state index in [1.54, 1.807) is 25.2 Å². The van der Waals surface area contributed by atoms with Gasteiger partial charge in [-0.2, -0.15) is 13.9 Å². The minimum atomic E-state index is -3.23. The van der Waals surface area contributed by atoms with E-state index in [1.807, 2.05) is 6.92 Å². The molecule has 0 bridgehead atoms. The zero-order chi connectivity index (χ0) is 30.6. The first kappa shape index (κ1) is 32.6. The number of benzene rings is 1. The van der Waals surface area contributed by atoms with Crippen molar-refractivity contribution in [3.8, 4) is 23.6 Å². The Bertz CT molecular complexity index is 1390. The standard InChI is InChI=1S/C26H31F2N7O3.CH2O2/c1-5-11-35-16-20(22(33-35)26(3,27)28)21-15-31-23(34(21)4)25(37)32-18-7-8-19(17(6-2)14-18)24(36)30-10-13-38-12-9-29;2-1-3/h1,7-8,14-16H,6,9-13,29H2,2-4H3,(H,30,36)(H,32,37);1H,(H,2,3). The molecule has 3 aromatic rings. The highest BCUT2D eigenvalue weighted by Crippen LogP contribution is 2.34. The lowest BCUT2D eigenvalue weighted by Gasteiger charge is -2.13. The van der Waals surface area contributed by atoms with Crippen LogP contribution in [0.1, 0.15) is 46.1 Å². The van der Waals surface area contributed by atoms with E-state index in [0.717, 1.165) is 12.5 Å². The SMILES string of the molecule is C#CCn1cc(-c2cnc(C(=O)Nc3ccc(C(=O)NCCOCCN)c(CC)c3)n2C)c(C(C)(F)F)n1.O=CO. The fourth-order valence-corrected chi connectivity index (χ4v) is 3.87. The quantitative estimate of drug-likeness (QED) is 0.145. The van der Waals surface area contributed by atoms with Crippen molar-refractivity contribution in [2.45, 2.75) is 32.7 Å². The lowest BCUT2D eigenvalue weighted by atomic mass is 10.0. The van der Waals surface area contributed by atoms with Gasteiger partial charge in [-0.15, -0.1) is 6.42 Å². The minimum absolute atomic E-state index is 0.00687. The highest BCUT2D eigenvalue weighted by molar-refractivity contribution is 6.03. The molecule has 41 heavy (non-hydrogen) atoms. The minimum Gasteiger partial charge on any atom is -0.483 e. The summed E-state index contributed by atoms with van der Waals surface area (Å²) < 4.78 is 36.4. The number of terminal acetylenes is 1. The van der Waals surface area contributed by atoms with E-state index in [-0.39, 0.29) is 36.0 Å². The van der Waals surface area contributed by atoms with Gasteiger partial charge in [0.1, 0.15) is 12.2 Å². The molecule has 0 saturated heterocycles. The second kappa shape index (κ2) is 15.2. The molecule has 12 nitrogen and oxygen atoms in total. The van der Waals surface area contributed by atoms with Crippen molar-refractivity contribution in [2.24, 2.45) is 12.8 Å². The number of ether oxygens (including phenoxy) is 1. The number of carbonyl (C=O) groups excluding carboxylic acids is 2. The number of carboxylic acid groups (broad SMARTS) is 1. The van der Waals surface area contributed by atoms with Crippen molar-refractivity contribution in [3.63, 3.8) is 0 Å². The van der Waals surface area contributed by atoms with Gasteiger partial charge in [-0.3, -0.25) is 19.1 Å². The van der Waals surface area contributed by atoms with Gasteiger partial charge in [-0.05, 0) is 30.2 Å². The topological polar surface area (TPSA) is 166 Å². The molecular weight excluding hydrogens is 540 g/mol. The van der Waals surface area contributed by atoms with E-state index in [0.29, 0.717) is 44.0 Å². The summed E-state index contributed by atoms with van der Waals surface area (Å²) in [5, 5.41) is 16.4. The molecule has 0 spiro atoms. The van der Waals surface area contributed by atoms with Gasteiger partial charge in [0.05, 0.1) is 25.1 Å². The third-order valence-electron chi connectivity index (χ3n) is 5.68. The van der Waals surface area contributed by atoms with Gasteiger partial charge in [-0.1, -0.05) is 12.8 Å². The molecule has 220 valence electrons. The predicted octanol–water partition coefficient (Wildman–Crippen LogP) is 2.25. The maximum atomic E-state index is 14.2. The van der Waals surface area contributed by atoms with Crippen LogP contribution in [0.15, 0.2) is 30.6 Å². The van der Waals surface area contributed by atoms with Gasteiger partial charge in [0, 0.05) is 50.1 Å². The van der Waals surface area contributed by atoms with Crippen molar-refractivity contribution in [2.75, 3.05) is 31.6 Å². The fraction of sp³-hybridized carbons (Fsp3) is 0.370. The van der Waals surface area contributed by atoms with Crippen LogP contribution < -0.4 is 16.4 Å². The molecule has 2 amide bonds. The summed E-state index contributed by atoms with van der Waals surface area (Å²) in [5.74, 6) is -1.66. The number of hydrogen-bond acceptors (Lipinski definition) is 7. The molecule has 5 N–H and O–H groups in total. The number of nitrogens with one attached hydrogen (secondary N) is 2. The van der Waals surface area contributed by atoms with Gasteiger partial charge in [0.2, 0.25) is 0 Å². The van der Waals surface area contributed by atoms with Crippen molar-refractivity contribution >= 4 is 24.0 Å². The lowest BCUT2D eigenvalue weighted by molar-refractivity contribution is -0.122. The van der Waals surface area contributed by atoms with Crippen LogP contribution in [-0.4, -0.2) is 69.0 Å². The average Bonchev–Trinajstić information content (AvgIpc) is 3.52. The maximum absolute atomic E-state index is 14.2. The summed E-state index contributed by atoms with van der Waals surface area (Å²) >= 11 is 0. The van der Waals surface area contributed by atoms with Crippen LogP contribution in [0.25, 0.3) is 11.3 Å². The van der Waals surface area contributed by atoms with E-state index < -0.39 is 17.5 Å². The van der Waals surface area contributed by atoms with Crippen LogP contribution in [0.2, 0.25) is 0 Å². The number of rotatable bonds is 12. The number of nitrogens with two attached hydrogens (primary N) is 1. The Morgan fingerprint density at radius 1 is 1.29 bits per heavy atom. The van der Waals surface area contributed by atoms with Crippen molar-refractivity contribution in [1.82, 2.24) is 24.6 Å². The second-order valence-corrected chi connectivity index (χ2v) is 8.65. The molecule has 0 aliphatic carbocycles. The normalized spacial score (nSPS) is 10.8. The Balaban J connectivity index is 0.00000187. The predicted molar refractivity (Wildman–Crippen MR) is 148 cm³/mol. The maximum Gasteiger partial charge on any atom is 0.291 e. The summed E-state index contributed by atoms with van der Waals surface area (Å²) in [5.41, 5.74) is 7.00. The molecule has 0 atom stereocenters. The van der Waals surface area contributed by atoms with Crippen molar-refractivity contribution in [3.05, 3.63) is 53.2 Å². The van der Waals surface area contributed by atoms with E-state index in [2.05, 4.69) is 26.6 Å². The average molecular weight is 574 g/mol. The summed E-state index contributed by atoms with van der Waals surface area (Å²) in [6.07, 6.45) is 8.60. The molecule has 1 aromatic carbocycles. The number of hydrogen-bond donors (Lipinski definition) is 4. The molecule has 0 unspecified atom stereocenters. The monoisotopic (exact) mass is 573 g/mol. The van der Waals surface area contributed by atoms with Crippen molar-refractivity contribution in [1.29, 1.82) is 0 Å². The highest BCUT2D eigenvalue weighted by atomic mass is 19.3. The van der Waals surface area contributed by atoms with Gasteiger partial charge < -0.3 is 30.8 Å². The number of amides is 2. The molecule has 0 aliphatic heterocycles. The lowest BCUT2D eigenvalue weighted by Crippen LogP contribution is -2.28. The van der Waals surface area contributed by atoms with Crippen LogP contribution in [0.4, 0.5) is 14.5 Å². The van der Waals surface area contributed by atoms with E-state index in [1.165, 1.54) is 21.6 Å². The van der Waals surface area contributed by atoms with Crippen LogP contribution in [0.3, 0.4) is 0 Å². The number of halogens is 2. The number of alkyl halides is 2. The smallest absolute Gasteiger partial charge is 0.291 e. The Morgan fingerprint density at radius 2 is 2.00 bits per heavy atom.